The van der Waals surface area contributed by atoms with Gasteiger partial charge in [0.25, 0.3) is 0 Å². The first-order valence-corrected chi connectivity index (χ1v) is 5.66. The molecule has 3 atom stereocenters. The Balaban J connectivity index is 2.41. The van der Waals surface area contributed by atoms with E-state index in [1.54, 1.807) is 0 Å². The molecule has 1 aliphatic rings. The molecule has 1 fully saturated rings. The van der Waals surface area contributed by atoms with Crippen molar-refractivity contribution in [3.05, 3.63) is 0 Å². The highest BCUT2D eigenvalue weighted by molar-refractivity contribution is 4.81. The summed E-state index contributed by atoms with van der Waals surface area (Å²) in [6, 6.07) is 0.602. The second-order valence-corrected chi connectivity index (χ2v) is 4.46. The van der Waals surface area contributed by atoms with Crippen LogP contribution in [0, 0.1) is 5.92 Å². The SMILES string of the molecule is COC1CN(C(C)CCN)CCC1C. The minimum Gasteiger partial charge on any atom is -0.380 e. The summed E-state index contributed by atoms with van der Waals surface area (Å²) in [5.41, 5.74) is 5.57. The van der Waals surface area contributed by atoms with E-state index in [9.17, 15) is 0 Å². The molecule has 0 aromatic heterocycles. The number of likely N-dealkylation sites (tertiary alicyclic amines) is 1. The molecule has 0 bridgehead atoms. The minimum atomic E-state index is 0.406. The number of hydrogen-bond donors (Lipinski definition) is 1. The van der Waals surface area contributed by atoms with Gasteiger partial charge in [-0.2, -0.15) is 0 Å². The summed E-state index contributed by atoms with van der Waals surface area (Å²) in [5, 5.41) is 0. The zero-order valence-corrected chi connectivity index (χ0v) is 9.70. The Labute approximate surface area is 87.6 Å². The molecule has 3 nitrogen and oxygen atoms in total. The van der Waals surface area contributed by atoms with Crippen molar-refractivity contribution in [1.82, 2.24) is 4.90 Å². The Bertz CT molecular complexity index is 163. The van der Waals surface area contributed by atoms with Crippen LogP contribution in [0.3, 0.4) is 0 Å². The van der Waals surface area contributed by atoms with E-state index in [-0.39, 0.29) is 0 Å². The van der Waals surface area contributed by atoms with Crippen molar-refractivity contribution in [2.45, 2.75) is 38.8 Å². The lowest BCUT2D eigenvalue weighted by molar-refractivity contribution is -0.0173. The molecule has 2 N–H and O–H groups in total. The number of nitrogens with two attached hydrogens (primary N) is 1. The minimum absolute atomic E-state index is 0.406. The van der Waals surface area contributed by atoms with Crippen LogP contribution in [0.1, 0.15) is 26.7 Å². The van der Waals surface area contributed by atoms with E-state index in [1.807, 2.05) is 7.11 Å². The third-order valence-electron chi connectivity index (χ3n) is 3.43. The summed E-state index contributed by atoms with van der Waals surface area (Å²) in [7, 11) is 1.82. The van der Waals surface area contributed by atoms with Crippen molar-refractivity contribution in [3.63, 3.8) is 0 Å². The molecule has 0 aromatic rings. The number of ether oxygens (including phenoxy) is 1. The van der Waals surface area contributed by atoms with Crippen LogP contribution < -0.4 is 5.73 Å². The lowest BCUT2D eigenvalue weighted by Crippen LogP contribution is -2.48. The summed E-state index contributed by atoms with van der Waals surface area (Å²) >= 11 is 0. The molecule has 1 heterocycles. The molecule has 14 heavy (non-hydrogen) atoms. The van der Waals surface area contributed by atoms with Gasteiger partial charge in [-0.3, -0.25) is 4.90 Å². The normalized spacial score (nSPS) is 31.7. The molecular weight excluding hydrogens is 176 g/mol. The Morgan fingerprint density at radius 3 is 2.86 bits per heavy atom. The van der Waals surface area contributed by atoms with Gasteiger partial charge in [0.05, 0.1) is 6.10 Å². The van der Waals surface area contributed by atoms with E-state index in [0.717, 1.165) is 19.5 Å². The van der Waals surface area contributed by atoms with Gasteiger partial charge in [0, 0.05) is 19.7 Å². The maximum Gasteiger partial charge on any atom is 0.0724 e. The fourth-order valence-corrected chi connectivity index (χ4v) is 2.19. The Morgan fingerprint density at radius 2 is 2.29 bits per heavy atom. The number of methoxy groups -OCH3 is 1. The summed E-state index contributed by atoms with van der Waals surface area (Å²) in [4.78, 5) is 2.50. The number of piperidine rings is 1. The second-order valence-electron chi connectivity index (χ2n) is 4.46. The lowest BCUT2D eigenvalue weighted by atomic mass is 9.94. The molecule has 0 saturated carbocycles. The molecule has 3 unspecified atom stereocenters. The van der Waals surface area contributed by atoms with Crippen molar-refractivity contribution >= 4 is 0 Å². The monoisotopic (exact) mass is 200 g/mol. The fraction of sp³-hybridized carbons (Fsp3) is 1.00. The summed E-state index contributed by atoms with van der Waals surface area (Å²) in [5.74, 6) is 0.696. The van der Waals surface area contributed by atoms with Crippen LogP contribution in [0.25, 0.3) is 0 Å². The molecule has 1 rings (SSSR count). The van der Waals surface area contributed by atoms with E-state index < -0.39 is 0 Å². The van der Waals surface area contributed by atoms with Crippen LogP contribution in [0.2, 0.25) is 0 Å². The average Bonchev–Trinajstić information content (AvgIpc) is 2.19. The standard InChI is InChI=1S/C11H24N2O/c1-9-5-7-13(8-11(9)14-3)10(2)4-6-12/h9-11H,4-8,12H2,1-3H3. The van der Waals surface area contributed by atoms with E-state index in [0.29, 0.717) is 18.1 Å². The van der Waals surface area contributed by atoms with Crippen LogP contribution >= 0.6 is 0 Å². The Morgan fingerprint density at radius 1 is 1.57 bits per heavy atom. The molecule has 1 aliphatic heterocycles. The van der Waals surface area contributed by atoms with Crippen molar-refractivity contribution in [1.29, 1.82) is 0 Å². The summed E-state index contributed by atoms with van der Waals surface area (Å²) < 4.78 is 5.49. The quantitative estimate of drug-likeness (QED) is 0.738. The molecule has 84 valence electrons. The smallest absolute Gasteiger partial charge is 0.0724 e. The Kier molecular flexibility index (Phi) is 4.85. The van der Waals surface area contributed by atoms with Crippen LogP contribution in [0.15, 0.2) is 0 Å². The highest BCUT2D eigenvalue weighted by Crippen LogP contribution is 2.21. The molecule has 0 aliphatic carbocycles. The van der Waals surface area contributed by atoms with E-state index in [2.05, 4.69) is 18.7 Å². The van der Waals surface area contributed by atoms with Gasteiger partial charge in [0.1, 0.15) is 0 Å². The predicted octanol–water partition coefficient (Wildman–Crippen LogP) is 1.08. The van der Waals surface area contributed by atoms with Gasteiger partial charge >= 0.3 is 0 Å². The van der Waals surface area contributed by atoms with Gasteiger partial charge in [0.15, 0.2) is 0 Å². The number of nitrogens with zero attached hydrogens (tertiary/aromatic N) is 1. The predicted molar refractivity (Wildman–Crippen MR) is 59.3 cm³/mol. The molecular formula is C11H24N2O. The first-order chi connectivity index (χ1) is 6.69. The van der Waals surface area contributed by atoms with Gasteiger partial charge in [-0.1, -0.05) is 6.92 Å². The molecule has 0 spiro atoms. The number of hydrogen-bond acceptors (Lipinski definition) is 3. The highest BCUT2D eigenvalue weighted by Gasteiger charge is 2.27. The summed E-state index contributed by atoms with van der Waals surface area (Å²) in [6.07, 6.45) is 2.74. The molecule has 0 aromatic carbocycles. The van der Waals surface area contributed by atoms with Gasteiger partial charge in [-0.25, -0.2) is 0 Å². The lowest BCUT2D eigenvalue weighted by Gasteiger charge is -2.39. The highest BCUT2D eigenvalue weighted by atomic mass is 16.5. The van der Waals surface area contributed by atoms with Crippen LogP contribution in [-0.4, -0.2) is 43.8 Å². The third-order valence-corrected chi connectivity index (χ3v) is 3.43. The molecule has 3 heteroatoms. The van der Waals surface area contributed by atoms with Gasteiger partial charge in [-0.15, -0.1) is 0 Å². The van der Waals surface area contributed by atoms with E-state index in [4.69, 9.17) is 10.5 Å². The maximum absolute atomic E-state index is 5.57. The second kappa shape index (κ2) is 5.69. The molecule has 0 amide bonds. The fourth-order valence-electron chi connectivity index (χ4n) is 2.19. The van der Waals surface area contributed by atoms with E-state index in [1.165, 1.54) is 13.0 Å². The van der Waals surface area contributed by atoms with Crippen molar-refractivity contribution in [2.75, 3.05) is 26.7 Å². The van der Waals surface area contributed by atoms with Gasteiger partial charge in [-0.05, 0) is 38.8 Å². The zero-order chi connectivity index (χ0) is 10.6. The summed E-state index contributed by atoms with van der Waals surface area (Å²) in [6.45, 7) is 7.58. The first kappa shape index (κ1) is 12.0. The maximum atomic E-state index is 5.57. The van der Waals surface area contributed by atoms with Crippen LogP contribution in [0.5, 0.6) is 0 Å². The Hall–Kier alpha value is -0.120. The van der Waals surface area contributed by atoms with Gasteiger partial charge < -0.3 is 10.5 Å². The van der Waals surface area contributed by atoms with Crippen molar-refractivity contribution in [3.8, 4) is 0 Å². The molecule has 0 radical (unpaired) electrons. The third kappa shape index (κ3) is 2.94. The largest absolute Gasteiger partial charge is 0.380 e. The van der Waals surface area contributed by atoms with E-state index >= 15 is 0 Å². The number of rotatable bonds is 4. The topological polar surface area (TPSA) is 38.5 Å². The zero-order valence-electron chi connectivity index (χ0n) is 9.70. The first-order valence-electron chi connectivity index (χ1n) is 5.66. The van der Waals surface area contributed by atoms with Gasteiger partial charge in [0.2, 0.25) is 0 Å². The average molecular weight is 200 g/mol. The molecule has 1 saturated heterocycles. The van der Waals surface area contributed by atoms with Crippen molar-refractivity contribution in [2.24, 2.45) is 11.7 Å². The van der Waals surface area contributed by atoms with Crippen LogP contribution in [-0.2, 0) is 4.74 Å². The van der Waals surface area contributed by atoms with Crippen molar-refractivity contribution < 1.29 is 4.74 Å². The van der Waals surface area contributed by atoms with Crippen LogP contribution in [0.4, 0.5) is 0 Å².